The molecule has 1 aliphatic heterocycles. The lowest BCUT2D eigenvalue weighted by molar-refractivity contribution is -0.134. The second-order valence-corrected chi connectivity index (χ2v) is 5.27. The largest absolute Gasteiger partial charge is 0.508 e. The smallest absolute Gasteiger partial charge is 0.240 e. The Kier molecular flexibility index (Phi) is 3.62. The van der Waals surface area contributed by atoms with Crippen LogP contribution in [0, 0.1) is 0 Å². The van der Waals surface area contributed by atoms with Crippen LogP contribution in [0.4, 0.5) is 0 Å². The molecular weight excluding hydrogens is 268 g/mol. The number of nitrogens with two attached hydrogens (primary N) is 1. The molecule has 1 atom stereocenters. The van der Waals surface area contributed by atoms with Crippen molar-refractivity contribution < 1.29 is 9.90 Å². The van der Waals surface area contributed by atoms with Crippen LogP contribution in [0.2, 0.25) is 0 Å². The second kappa shape index (κ2) is 5.57. The Hall–Kier alpha value is -2.34. The molecule has 2 aromatic rings. The minimum Gasteiger partial charge on any atom is -0.508 e. The van der Waals surface area contributed by atoms with E-state index in [-0.39, 0.29) is 11.7 Å². The minimum absolute atomic E-state index is 0.0580. The fourth-order valence-electron chi connectivity index (χ4n) is 2.57. The van der Waals surface area contributed by atoms with Crippen molar-refractivity contribution in [2.45, 2.75) is 25.6 Å². The first-order valence-corrected chi connectivity index (χ1v) is 6.96. The van der Waals surface area contributed by atoms with Crippen LogP contribution in [0.5, 0.6) is 5.75 Å². The number of hydrogen-bond donors (Lipinski definition) is 2. The zero-order valence-electron chi connectivity index (χ0n) is 11.6. The molecule has 0 unspecified atom stereocenters. The first-order valence-electron chi connectivity index (χ1n) is 6.96. The highest BCUT2D eigenvalue weighted by molar-refractivity contribution is 5.82. The molecule has 1 aliphatic rings. The number of phenols is 1. The monoisotopic (exact) mass is 286 g/mol. The van der Waals surface area contributed by atoms with Crippen molar-refractivity contribution in [2.75, 3.05) is 6.54 Å². The summed E-state index contributed by atoms with van der Waals surface area (Å²) in [6, 6.07) is 6.20. The van der Waals surface area contributed by atoms with E-state index in [4.69, 9.17) is 5.73 Å². The summed E-state index contributed by atoms with van der Waals surface area (Å²) < 4.78 is 2.05. The third-order valence-corrected chi connectivity index (χ3v) is 3.77. The van der Waals surface area contributed by atoms with Gasteiger partial charge < -0.3 is 20.3 Å². The Bertz CT molecular complexity index is 635. The van der Waals surface area contributed by atoms with Gasteiger partial charge in [0.2, 0.25) is 5.91 Å². The van der Waals surface area contributed by atoms with Crippen molar-refractivity contribution in [2.24, 2.45) is 5.73 Å². The van der Waals surface area contributed by atoms with Crippen molar-refractivity contribution in [3.63, 3.8) is 0 Å². The van der Waals surface area contributed by atoms with Crippen LogP contribution in [0.25, 0.3) is 0 Å². The zero-order valence-corrected chi connectivity index (χ0v) is 11.6. The molecule has 3 N–H and O–H groups in total. The number of fused-ring (bicyclic) bond motifs is 1. The topological polar surface area (TPSA) is 84.4 Å². The summed E-state index contributed by atoms with van der Waals surface area (Å²) in [6.45, 7) is 1.92. The number of hydrogen-bond acceptors (Lipinski definition) is 4. The first kappa shape index (κ1) is 13.6. The van der Waals surface area contributed by atoms with Gasteiger partial charge in [-0.2, -0.15) is 0 Å². The maximum absolute atomic E-state index is 12.4. The SMILES string of the molecule is N[C@@H](Cc1ccc(O)cc1)C(=O)N1CCn2ccnc2C1. The van der Waals surface area contributed by atoms with Gasteiger partial charge in [-0.25, -0.2) is 4.98 Å². The quantitative estimate of drug-likeness (QED) is 0.860. The zero-order chi connectivity index (χ0) is 14.8. The van der Waals surface area contributed by atoms with E-state index in [1.54, 1.807) is 35.4 Å². The standard InChI is InChI=1S/C15H18N4O2/c16-13(9-11-1-3-12(20)4-2-11)15(21)19-8-7-18-6-5-17-14(18)10-19/h1-6,13,20H,7-10,16H2/t13-/m0/s1. The molecule has 0 saturated heterocycles. The lowest BCUT2D eigenvalue weighted by atomic mass is 10.1. The van der Waals surface area contributed by atoms with Gasteiger partial charge >= 0.3 is 0 Å². The molecule has 21 heavy (non-hydrogen) atoms. The number of imidazole rings is 1. The normalized spacial score (nSPS) is 15.6. The second-order valence-electron chi connectivity index (χ2n) is 5.27. The molecular formula is C15H18N4O2. The summed E-state index contributed by atoms with van der Waals surface area (Å²) in [5.41, 5.74) is 6.97. The summed E-state index contributed by atoms with van der Waals surface area (Å²) in [6.07, 6.45) is 4.14. The van der Waals surface area contributed by atoms with Gasteiger partial charge in [-0.05, 0) is 24.1 Å². The Morgan fingerprint density at radius 2 is 2.10 bits per heavy atom. The molecule has 3 rings (SSSR count). The molecule has 0 radical (unpaired) electrons. The van der Waals surface area contributed by atoms with E-state index in [9.17, 15) is 9.90 Å². The van der Waals surface area contributed by atoms with Crippen LogP contribution in [0.3, 0.4) is 0 Å². The van der Waals surface area contributed by atoms with Crippen LogP contribution < -0.4 is 5.73 Å². The summed E-state index contributed by atoms with van der Waals surface area (Å²) in [4.78, 5) is 18.4. The van der Waals surface area contributed by atoms with Crippen molar-refractivity contribution in [1.82, 2.24) is 14.5 Å². The summed E-state index contributed by atoms with van der Waals surface area (Å²) in [5.74, 6) is 1.05. The Morgan fingerprint density at radius 3 is 2.86 bits per heavy atom. The van der Waals surface area contributed by atoms with Crippen molar-refractivity contribution >= 4 is 5.91 Å². The fourth-order valence-corrected chi connectivity index (χ4v) is 2.57. The number of carbonyl (C=O) groups excluding carboxylic acids is 1. The Balaban J connectivity index is 1.64. The van der Waals surface area contributed by atoms with Crippen molar-refractivity contribution in [1.29, 1.82) is 0 Å². The van der Waals surface area contributed by atoms with E-state index in [0.29, 0.717) is 19.5 Å². The van der Waals surface area contributed by atoms with Crippen LogP contribution in [-0.2, 0) is 24.3 Å². The van der Waals surface area contributed by atoms with E-state index in [1.165, 1.54) is 0 Å². The van der Waals surface area contributed by atoms with E-state index in [2.05, 4.69) is 9.55 Å². The molecule has 0 fully saturated rings. The van der Waals surface area contributed by atoms with Crippen molar-refractivity contribution in [3.8, 4) is 5.75 Å². The fraction of sp³-hybridized carbons (Fsp3) is 0.333. The third kappa shape index (κ3) is 2.90. The lowest BCUT2D eigenvalue weighted by Crippen LogP contribution is -2.47. The van der Waals surface area contributed by atoms with Crippen LogP contribution in [-0.4, -0.2) is 38.1 Å². The summed E-state index contributed by atoms with van der Waals surface area (Å²) in [5, 5.41) is 9.26. The molecule has 2 heterocycles. The van der Waals surface area contributed by atoms with Gasteiger partial charge in [0.05, 0.1) is 12.6 Å². The maximum atomic E-state index is 12.4. The predicted molar refractivity (Wildman–Crippen MR) is 77.4 cm³/mol. The molecule has 0 bridgehead atoms. The van der Waals surface area contributed by atoms with Crippen LogP contribution in [0.15, 0.2) is 36.7 Å². The number of benzene rings is 1. The molecule has 0 spiro atoms. The molecule has 6 heteroatoms. The highest BCUT2D eigenvalue weighted by atomic mass is 16.3. The minimum atomic E-state index is -0.573. The van der Waals surface area contributed by atoms with Gasteiger partial charge in [0.1, 0.15) is 11.6 Å². The number of carbonyl (C=O) groups is 1. The van der Waals surface area contributed by atoms with Gasteiger partial charge in [0, 0.05) is 25.5 Å². The number of nitrogens with zero attached hydrogens (tertiary/aromatic N) is 3. The average Bonchev–Trinajstić information content (AvgIpc) is 2.96. The molecule has 0 saturated carbocycles. The van der Waals surface area contributed by atoms with E-state index < -0.39 is 6.04 Å². The van der Waals surface area contributed by atoms with Crippen molar-refractivity contribution in [3.05, 3.63) is 48.0 Å². The maximum Gasteiger partial charge on any atom is 0.240 e. The van der Waals surface area contributed by atoms with Gasteiger partial charge in [0.25, 0.3) is 0 Å². The van der Waals surface area contributed by atoms with Gasteiger partial charge in [-0.15, -0.1) is 0 Å². The molecule has 1 amide bonds. The number of amides is 1. The number of rotatable bonds is 3. The lowest BCUT2D eigenvalue weighted by Gasteiger charge is -2.29. The number of aromatic nitrogens is 2. The van der Waals surface area contributed by atoms with Gasteiger partial charge in [0.15, 0.2) is 0 Å². The summed E-state index contributed by atoms with van der Waals surface area (Å²) >= 11 is 0. The molecule has 110 valence electrons. The van der Waals surface area contributed by atoms with E-state index in [1.807, 2.05) is 6.20 Å². The van der Waals surface area contributed by atoms with Crippen LogP contribution >= 0.6 is 0 Å². The number of aromatic hydroxyl groups is 1. The molecule has 0 aliphatic carbocycles. The average molecular weight is 286 g/mol. The van der Waals surface area contributed by atoms with E-state index in [0.717, 1.165) is 17.9 Å². The highest BCUT2D eigenvalue weighted by Crippen LogP contribution is 2.14. The van der Waals surface area contributed by atoms with E-state index >= 15 is 0 Å². The third-order valence-electron chi connectivity index (χ3n) is 3.77. The number of phenolic OH excluding ortho intramolecular Hbond substituents is 1. The summed E-state index contributed by atoms with van der Waals surface area (Å²) in [7, 11) is 0. The first-order chi connectivity index (χ1) is 10.1. The van der Waals surface area contributed by atoms with Gasteiger partial charge in [-0.1, -0.05) is 12.1 Å². The molecule has 1 aromatic carbocycles. The Morgan fingerprint density at radius 1 is 1.33 bits per heavy atom. The molecule has 6 nitrogen and oxygen atoms in total. The van der Waals surface area contributed by atoms with Gasteiger partial charge in [-0.3, -0.25) is 4.79 Å². The molecule has 1 aromatic heterocycles. The predicted octanol–water partition coefficient (Wildman–Crippen LogP) is 0.501. The van der Waals surface area contributed by atoms with Crippen LogP contribution in [0.1, 0.15) is 11.4 Å². The Labute approximate surface area is 122 Å². The highest BCUT2D eigenvalue weighted by Gasteiger charge is 2.25.